The number of pyridine rings is 1. The second kappa shape index (κ2) is 9.17. The number of aliphatic carboxylic acids is 1. The second-order valence-electron chi connectivity index (χ2n) is 6.40. The molecule has 0 saturated carbocycles. The first-order chi connectivity index (χ1) is 12.4. The van der Waals surface area contributed by atoms with Crippen LogP contribution in [0.25, 0.3) is 0 Å². The molecule has 8 nitrogen and oxygen atoms in total. The molecule has 0 aromatic carbocycles. The van der Waals surface area contributed by atoms with Gasteiger partial charge in [-0.1, -0.05) is 0 Å². The quantitative estimate of drug-likeness (QED) is 0.814. The van der Waals surface area contributed by atoms with Crippen molar-refractivity contribution in [3.05, 3.63) is 24.5 Å². The Labute approximate surface area is 152 Å². The largest absolute Gasteiger partial charge is 0.480 e. The fraction of sp³-hybridized carbons (Fsp3) is 0.556. The highest BCUT2D eigenvalue weighted by Gasteiger charge is 2.29. The molecule has 1 saturated heterocycles. The molecule has 26 heavy (non-hydrogen) atoms. The zero-order valence-corrected chi connectivity index (χ0v) is 15.1. The van der Waals surface area contributed by atoms with Crippen molar-refractivity contribution in [2.45, 2.75) is 45.3 Å². The van der Waals surface area contributed by atoms with Gasteiger partial charge >= 0.3 is 5.97 Å². The molecule has 142 valence electrons. The predicted molar refractivity (Wildman–Crippen MR) is 93.6 cm³/mol. The van der Waals surface area contributed by atoms with E-state index in [0.717, 1.165) is 0 Å². The lowest BCUT2D eigenvalue weighted by atomic mass is 10.1. The topological polar surface area (TPSA) is 100 Å². The number of likely N-dealkylation sites (tertiary alicyclic amines) is 1. The zero-order valence-electron chi connectivity index (χ0n) is 15.1. The first kappa shape index (κ1) is 19.7. The fourth-order valence-electron chi connectivity index (χ4n) is 3.18. The van der Waals surface area contributed by atoms with Crippen LogP contribution < -0.4 is 4.74 Å². The molecule has 0 radical (unpaired) electrons. The fourth-order valence-corrected chi connectivity index (χ4v) is 3.18. The number of carbonyl (C=O) groups excluding carboxylic acids is 2. The molecule has 1 N–H and O–H groups in total. The maximum Gasteiger partial charge on any atom is 0.323 e. The monoisotopic (exact) mass is 363 g/mol. The van der Waals surface area contributed by atoms with E-state index in [-0.39, 0.29) is 24.4 Å². The number of aromatic nitrogens is 1. The highest BCUT2D eigenvalue weighted by atomic mass is 16.5. The Balaban J connectivity index is 1.95. The first-order valence-electron chi connectivity index (χ1n) is 8.73. The summed E-state index contributed by atoms with van der Waals surface area (Å²) in [4.78, 5) is 42.5. The molecule has 2 rings (SSSR count). The van der Waals surface area contributed by atoms with Crippen LogP contribution in [0.3, 0.4) is 0 Å². The summed E-state index contributed by atoms with van der Waals surface area (Å²) in [5.41, 5.74) is 0. The van der Waals surface area contributed by atoms with E-state index in [2.05, 4.69) is 4.98 Å². The van der Waals surface area contributed by atoms with E-state index in [1.54, 1.807) is 36.4 Å². The molecule has 0 bridgehead atoms. The summed E-state index contributed by atoms with van der Waals surface area (Å²) >= 11 is 0. The number of ether oxygens (including phenoxy) is 1. The Morgan fingerprint density at radius 3 is 2.77 bits per heavy atom. The van der Waals surface area contributed by atoms with Crippen molar-refractivity contribution in [2.75, 3.05) is 19.6 Å². The SMILES string of the molecule is CC(=O)N(CC(=O)O)C1CCCN(C(=O)C(C)Oc2cccnc2)CC1. The van der Waals surface area contributed by atoms with Gasteiger partial charge in [-0.05, 0) is 38.3 Å². The molecule has 2 amide bonds. The van der Waals surface area contributed by atoms with Crippen LogP contribution in [0.2, 0.25) is 0 Å². The lowest BCUT2D eigenvalue weighted by molar-refractivity contribution is -0.145. The molecule has 2 heterocycles. The Morgan fingerprint density at radius 1 is 1.38 bits per heavy atom. The van der Waals surface area contributed by atoms with E-state index in [9.17, 15) is 14.4 Å². The zero-order chi connectivity index (χ0) is 19.1. The van der Waals surface area contributed by atoms with Crippen LogP contribution in [-0.2, 0) is 14.4 Å². The molecule has 0 spiro atoms. The summed E-state index contributed by atoms with van der Waals surface area (Å²) in [5.74, 6) is -0.881. The van der Waals surface area contributed by atoms with Crippen molar-refractivity contribution in [1.29, 1.82) is 0 Å². The summed E-state index contributed by atoms with van der Waals surface area (Å²) in [6, 6.07) is 3.31. The standard InChI is InChI=1S/C18H25N3O5/c1-13(26-16-6-3-8-19-11-16)18(25)20-9-4-5-15(7-10-20)21(14(2)22)12-17(23)24/h3,6,8,11,13,15H,4-5,7,9-10,12H2,1-2H3,(H,23,24). The number of nitrogens with zero attached hydrogens (tertiary/aromatic N) is 3. The van der Waals surface area contributed by atoms with Crippen molar-refractivity contribution in [3.8, 4) is 5.75 Å². The summed E-state index contributed by atoms with van der Waals surface area (Å²) in [6.07, 6.45) is 4.48. The average molecular weight is 363 g/mol. The maximum atomic E-state index is 12.6. The predicted octanol–water partition coefficient (Wildman–Crippen LogP) is 1.16. The number of rotatable bonds is 6. The molecule has 0 aliphatic carbocycles. The normalized spacial score (nSPS) is 18.5. The van der Waals surface area contributed by atoms with E-state index in [0.29, 0.717) is 38.1 Å². The van der Waals surface area contributed by atoms with Crippen molar-refractivity contribution in [2.24, 2.45) is 0 Å². The third-order valence-electron chi connectivity index (χ3n) is 4.46. The van der Waals surface area contributed by atoms with Crippen LogP contribution in [0.5, 0.6) is 5.75 Å². The van der Waals surface area contributed by atoms with E-state index in [4.69, 9.17) is 9.84 Å². The molecule has 1 fully saturated rings. The Bertz CT molecular complexity index is 637. The molecule has 1 aliphatic rings. The van der Waals surface area contributed by atoms with Crippen LogP contribution in [-0.4, -0.2) is 69.5 Å². The Kier molecular flexibility index (Phi) is 6.94. The van der Waals surface area contributed by atoms with Crippen LogP contribution in [0, 0.1) is 0 Å². The van der Waals surface area contributed by atoms with Gasteiger partial charge in [-0.15, -0.1) is 0 Å². The summed E-state index contributed by atoms with van der Waals surface area (Å²) in [6.45, 7) is 3.79. The van der Waals surface area contributed by atoms with Gasteiger partial charge < -0.3 is 19.6 Å². The average Bonchev–Trinajstić information content (AvgIpc) is 2.85. The molecule has 2 atom stereocenters. The minimum Gasteiger partial charge on any atom is -0.480 e. The van der Waals surface area contributed by atoms with Gasteiger partial charge in [0.25, 0.3) is 5.91 Å². The lowest BCUT2D eigenvalue weighted by Gasteiger charge is -2.29. The maximum absolute atomic E-state index is 12.6. The van der Waals surface area contributed by atoms with Crippen LogP contribution in [0.1, 0.15) is 33.1 Å². The van der Waals surface area contributed by atoms with Gasteiger partial charge in [0.15, 0.2) is 6.10 Å². The number of carboxylic acid groups (broad SMARTS) is 1. The van der Waals surface area contributed by atoms with Crippen LogP contribution in [0.4, 0.5) is 0 Å². The molecule has 8 heteroatoms. The second-order valence-corrected chi connectivity index (χ2v) is 6.40. The van der Waals surface area contributed by atoms with Crippen molar-refractivity contribution in [3.63, 3.8) is 0 Å². The number of carbonyl (C=O) groups is 3. The minimum absolute atomic E-state index is 0.123. The number of hydrogen-bond acceptors (Lipinski definition) is 5. The van der Waals surface area contributed by atoms with E-state index in [1.165, 1.54) is 11.8 Å². The number of amides is 2. The number of carboxylic acids is 1. The van der Waals surface area contributed by atoms with E-state index >= 15 is 0 Å². The first-order valence-corrected chi connectivity index (χ1v) is 8.73. The van der Waals surface area contributed by atoms with Gasteiger partial charge in [0.1, 0.15) is 12.3 Å². The van der Waals surface area contributed by atoms with Crippen LogP contribution in [0.15, 0.2) is 24.5 Å². The van der Waals surface area contributed by atoms with Gasteiger partial charge in [-0.25, -0.2) is 0 Å². The highest BCUT2D eigenvalue weighted by molar-refractivity contribution is 5.81. The third-order valence-corrected chi connectivity index (χ3v) is 4.46. The molecule has 1 aromatic rings. The molecule has 1 aromatic heterocycles. The van der Waals surface area contributed by atoms with E-state index < -0.39 is 12.1 Å². The molecule has 2 unspecified atom stereocenters. The molecular formula is C18H25N3O5. The summed E-state index contributed by atoms with van der Waals surface area (Å²) < 4.78 is 5.64. The van der Waals surface area contributed by atoms with Crippen molar-refractivity contribution in [1.82, 2.24) is 14.8 Å². The highest BCUT2D eigenvalue weighted by Crippen LogP contribution is 2.19. The summed E-state index contributed by atoms with van der Waals surface area (Å²) in [5, 5.41) is 9.01. The van der Waals surface area contributed by atoms with E-state index in [1.807, 2.05) is 0 Å². The van der Waals surface area contributed by atoms with Gasteiger partial charge in [0.05, 0.1) is 6.20 Å². The third kappa shape index (κ3) is 5.44. The Morgan fingerprint density at radius 2 is 2.15 bits per heavy atom. The minimum atomic E-state index is -1.03. The van der Waals surface area contributed by atoms with Gasteiger partial charge in [0.2, 0.25) is 5.91 Å². The summed E-state index contributed by atoms with van der Waals surface area (Å²) in [7, 11) is 0. The smallest absolute Gasteiger partial charge is 0.323 e. The van der Waals surface area contributed by atoms with Crippen molar-refractivity contribution < 1.29 is 24.2 Å². The lowest BCUT2D eigenvalue weighted by Crippen LogP contribution is -2.44. The van der Waals surface area contributed by atoms with Crippen molar-refractivity contribution >= 4 is 17.8 Å². The van der Waals surface area contributed by atoms with Crippen LogP contribution >= 0.6 is 0 Å². The van der Waals surface area contributed by atoms with Gasteiger partial charge in [0, 0.05) is 32.3 Å². The number of hydrogen-bond donors (Lipinski definition) is 1. The molecule has 1 aliphatic heterocycles. The van der Waals surface area contributed by atoms with Gasteiger partial charge in [-0.3, -0.25) is 19.4 Å². The Hall–Kier alpha value is -2.64. The van der Waals surface area contributed by atoms with Gasteiger partial charge in [-0.2, -0.15) is 0 Å². The molecular weight excluding hydrogens is 338 g/mol.